The minimum absolute atomic E-state index is 0.178. The zero-order valence-corrected chi connectivity index (χ0v) is 12.6. The molecule has 0 bridgehead atoms. The molecular weight excluding hydrogens is 359 g/mol. The van der Waals surface area contributed by atoms with Crippen LogP contribution in [-0.2, 0) is 6.54 Å². The highest BCUT2D eigenvalue weighted by Crippen LogP contribution is 2.29. The van der Waals surface area contributed by atoms with Crippen LogP contribution in [0.25, 0.3) is 0 Å². The lowest BCUT2D eigenvalue weighted by atomic mass is 10.2. The van der Waals surface area contributed by atoms with E-state index < -0.39 is 11.6 Å². The maximum atomic E-state index is 13.6. The van der Waals surface area contributed by atoms with E-state index in [1.54, 1.807) is 18.2 Å². The molecule has 0 heterocycles. The van der Waals surface area contributed by atoms with Gasteiger partial charge in [0, 0.05) is 17.1 Å². The van der Waals surface area contributed by atoms with Crippen molar-refractivity contribution in [1.82, 2.24) is 0 Å². The average Bonchev–Trinajstić information content (AvgIpc) is 2.33. The van der Waals surface area contributed by atoms with E-state index in [0.29, 0.717) is 14.5 Å². The van der Waals surface area contributed by atoms with Crippen LogP contribution >= 0.6 is 39.1 Å². The quantitative estimate of drug-likeness (QED) is 0.740. The second kappa shape index (κ2) is 6.07. The Kier molecular flexibility index (Phi) is 4.66. The number of hydrogen-bond donors (Lipinski definition) is 1. The Morgan fingerprint density at radius 1 is 1.16 bits per heavy atom. The highest BCUT2D eigenvalue weighted by Gasteiger charge is 2.10. The summed E-state index contributed by atoms with van der Waals surface area (Å²) < 4.78 is 26.9. The van der Waals surface area contributed by atoms with Gasteiger partial charge in [-0.15, -0.1) is 0 Å². The van der Waals surface area contributed by atoms with E-state index in [1.807, 2.05) is 0 Å². The molecule has 1 nitrogen and oxygen atoms in total. The van der Waals surface area contributed by atoms with Crippen LogP contribution in [0.5, 0.6) is 0 Å². The van der Waals surface area contributed by atoms with Crippen LogP contribution in [0.4, 0.5) is 14.5 Å². The number of benzene rings is 2. The molecule has 6 heteroatoms. The molecule has 0 aromatic heterocycles. The average molecular weight is 367 g/mol. The minimum atomic E-state index is -0.676. The maximum absolute atomic E-state index is 13.6. The predicted octanol–water partition coefficient (Wildman–Crippen LogP) is 5.65. The van der Waals surface area contributed by atoms with Gasteiger partial charge in [0.1, 0.15) is 11.6 Å². The third-order valence-corrected chi connectivity index (χ3v) is 3.98. The largest absolute Gasteiger partial charge is 0.378 e. The van der Waals surface area contributed by atoms with Gasteiger partial charge in [-0.2, -0.15) is 0 Å². The van der Waals surface area contributed by atoms with Crippen LogP contribution in [0.1, 0.15) is 5.56 Å². The third-order valence-electron chi connectivity index (χ3n) is 2.49. The first-order chi connectivity index (χ1) is 8.99. The van der Waals surface area contributed by atoms with Crippen molar-refractivity contribution in [3.63, 3.8) is 0 Å². The van der Waals surface area contributed by atoms with Crippen molar-refractivity contribution in [3.8, 4) is 0 Å². The van der Waals surface area contributed by atoms with Crippen molar-refractivity contribution < 1.29 is 8.78 Å². The van der Waals surface area contributed by atoms with Gasteiger partial charge in [0.2, 0.25) is 0 Å². The van der Waals surface area contributed by atoms with Crippen molar-refractivity contribution in [3.05, 3.63) is 62.0 Å². The minimum Gasteiger partial charge on any atom is -0.378 e. The van der Waals surface area contributed by atoms with Crippen molar-refractivity contribution in [2.24, 2.45) is 0 Å². The first kappa shape index (κ1) is 14.6. The zero-order chi connectivity index (χ0) is 14.0. The van der Waals surface area contributed by atoms with Crippen molar-refractivity contribution in [1.29, 1.82) is 0 Å². The topological polar surface area (TPSA) is 12.0 Å². The maximum Gasteiger partial charge on any atom is 0.150 e. The van der Waals surface area contributed by atoms with Gasteiger partial charge >= 0.3 is 0 Å². The van der Waals surface area contributed by atoms with E-state index in [2.05, 4.69) is 21.2 Å². The predicted molar refractivity (Wildman–Crippen MR) is 77.8 cm³/mol. The molecular formula is C13H8BrCl2F2N. The normalized spacial score (nSPS) is 10.6. The Labute approximate surface area is 127 Å². The molecule has 0 spiro atoms. The smallest absolute Gasteiger partial charge is 0.150 e. The molecule has 0 aliphatic rings. The molecule has 0 saturated carbocycles. The second-order valence-electron chi connectivity index (χ2n) is 3.81. The van der Waals surface area contributed by atoms with Crippen LogP contribution in [0.3, 0.4) is 0 Å². The summed E-state index contributed by atoms with van der Waals surface area (Å²) in [7, 11) is 0. The molecule has 0 aliphatic heterocycles. The molecule has 19 heavy (non-hydrogen) atoms. The SMILES string of the molecule is Fc1cc(F)c(NCc2cccc(Cl)c2Cl)c(Br)c1. The third kappa shape index (κ3) is 3.38. The summed E-state index contributed by atoms with van der Waals surface area (Å²) in [5.41, 5.74) is 0.905. The molecule has 0 amide bonds. The van der Waals surface area contributed by atoms with Crippen LogP contribution in [0.15, 0.2) is 34.8 Å². The highest BCUT2D eigenvalue weighted by atomic mass is 79.9. The first-order valence-electron chi connectivity index (χ1n) is 5.30. The Bertz CT molecular complexity index is 597. The zero-order valence-electron chi connectivity index (χ0n) is 9.48. The molecule has 2 aromatic carbocycles. The first-order valence-corrected chi connectivity index (χ1v) is 6.85. The Hall–Kier alpha value is -0.840. The van der Waals surface area contributed by atoms with E-state index in [-0.39, 0.29) is 12.2 Å². The van der Waals surface area contributed by atoms with E-state index >= 15 is 0 Å². The summed E-state index contributed by atoms with van der Waals surface area (Å²) in [5.74, 6) is -1.32. The standard InChI is InChI=1S/C13H8BrCl2F2N/c14-9-4-8(17)5-11(18)13(9)19-6-7-2-1-3-10(15)12(7)16/h1-5,19H,6H2. The number of nitrogens with one attached hydrogen (secondary N) is 1. The summed E-state index contributed by atoms with van der Waals surface area (Å²) >= 11 is 15.0. The van der Waals surface area contributed by atoms with Gasteiger partial charge in [-0.3, -0.25) is 0 Å². The van der Waals surface area contributed by atoms with Crippen LogP contribution in [0, 0.1) is 11.6 Å². The van der Waals surface area contributed by atoms with E-state index in [0.717, 1.165) is 11.6 Å². The summed E-state index contributed by atoms with van der Waals surface area (Å²) in [6.45, 7) is 0.278. The fourth-order valence-corrected chi connectivity index (χ4v) is 2.51. The molecule has 1 N–H and O–H groups in total. The van der Waals surface area contributed by atoms with Crippen LogP contribution in [-0.4, -0.2) is 0 Å². The highest BCUT2D eigenvalue weighted by molar-refractivity contribution is 9.10. The van der Waals surface area contributed by atoms with E-state index in [9.17, 15) is 8.78 Å². The molecule has 0 aliphatic carbocycles. The van der Waals surface area contributed by atoms with Crippen molar-refractivity contribution >= 4 is 44.8 Å². The second-order valence-corrected chi connectivity index (χ2v) is 5.45. The summed E-state index contributed by atoms with van der Waals surface area (Å²) in [5, 5.41) is 3.70. The molecule has 100 valence electrons. The van der Waals surface area contributed by atoms with Gasteiger partial charge in [-0.05, 0) is 33.6 Å². The van der Waals surface area contributed by atoms with Gasteiger partial charge in [-0.25, -0.2) is 8.78 Å². The fraction of sp³-hybridized carbons (Fsp3) is 0.0769. The number of hydrogen-bond acceptors (Lipinski definition) is 1. The molecule has 2 aromatic rings. The molecule has 0 radical (unpaired) electrons. The summed E-state index contributed by atoms with van der Waals surface area (Å²) in [6.07, 6.45) is 0. The summed E-state index contributed by atoms with van der Waals surface area (Å²) in [6, 6.07) is 7.19. The Morgan fingerprint density at radius 3 is 2.58 bits per heavy atom. The van der Waals surface area contributed by atoms with Crippen molar-refractivity contribution in [2.45, 2.75) is 6.54 Å². The van der Waals surface area contributed by atoms with E-state index in [4.69, 9.17) is 23.2 Å². The van der Waals surface area contributed by atoms with Gasteiger partial charge < -0.3 is 5.32 Å². The molecule has 2 rings (SSSR count). The lowest BCUT2D eigenvalue weighted by Crippen LogP contribution is -2.03. The van der Waals surface area contributed by atoms with Gasteiger partial charge in [0.15, 0.2) is 0 Å². The summed E-state index contributed by atoms with van der Waals surface area (Å²) in [4.78, 5) is 0. The van der Waals surface area contributed by atoms with Gasteiger partial charge in [0.05, 0.1) is 15.7 Å². The van der Waals surface area contributed by atoms with Gasteiger partial charge in [-0.1, -0.05) is 35.3 Å². The lowest BCUT2D eigenvalue weighted by molar-refractivity contribution is 0.583. The molecule has 0 unspecified atom stereocenters. The van der Waals surface area contributed by atoms with Gasteiger partial charge in [0.25, 0.3) is 0 Å². The van der Waals surface area contributed by atoms with Crippen LogP contribution < -0.4 is 5.32 Å². The Morgan fingerprint density at radius 2 is 1.89 bits per heavy atom. The molecule has 0 fully saturated rings. The Balaban J connectivity index is 2.22. The van der Waals surface area contributed by atoms with Crippen molar-refractivity contribution in [2.75, 3.05) is 5.32 Å². The van der Waals surface area contributed by atoms with E-state index in [1.165, 1.54) is 6.07 Å². The number of rotatable bonds is 3. The monoisotopic (exact) mass is 365 g/mol. The fourth-order valence-electron chi connectivity index (χ4n) is 1.58. The van der Waals surface area contributed by atoms with Crippen LogP contribution in [0.2, 0.25) is 10.0 Å². The molecule has 0 saturated heterocycles. The lowest BCUT2D eigenvalue weighted by Gasteiger charge is -2.11. The number of halogens is 5. The molecule has 0 atom stereocenters. The number of anilines is 1.